The van der Waals surface area contributed by atoms with Crippen molar-refractivity contribution in [3.8, 4) is 0 Å². The molecule has 1 atom stereocenters. The number of aryl methyl sites for hydroxylation is 3. The van der Waals surface area contributed by atoms with Crippen LogP contribution in [0.2, 0.25) is 0 Å². The second-order valence-electron chi connectivity index (χ2n) is 8.47. The Bertz CT molecular complexity index is 1140. The zero-order valence-corrected chi connectivity index (χ0v) is 18.5. The second kappa shape index (κ2) is 9.06. The van der Waals surface area contributed by atoms with E-state index in [0.29, 0.717) is 17.5 Å². The van der Waals surface area contributed by atoms with Crippen LogP contribution in [0, 0.1) is 13.8 Å². The van der Waals surface area contributed by atoms with E-state index in [4.69, 9.17) is 4.42 Å². The molecule has 1 aliphatic heterocycles. The monoisotopic (exact) mass is 418 g/mol. The third-order valence-electron chi connectivity index (χ3n) is 6.38. The van der Waals surface area contributed by atoms with E-state index in [1.807, 2.05) is 26.0 Å². The van der Waals surface area contributed by atoms with E-state index in [2.05, 4.69) is 41.4 Å². The van der Waals surface area contributed by atoms with E-state index in [1.54, 1.807) is 0 Å². The summed E-state index contributed by atoms with van der Waals surface area (Å²) < 4.78 is 5.81. The lowest BCUT2D eigenvalue weighted by atomic mass is 10.0. The fourth-order valence-electron chi connectivity index (χ4n) is 4.29. The van der Waals surface area contributed by atoms with Gasteiger partial charge in [0.25, 0.3) is 5.91 Å². The third kappa shape index (κ3) is 4.57. The van der Waals surface area contributed by atoms with Gasteiger partial charge >= 0.3 is 0 Å². The number of carbonyl (C=O) groups excluding carboxylic acids is 1. The van der Waals surface area contributed by atoms with Crippen molar-refractivity contribution < 1.29 is 9.21 Å². The topological polar surface area (TPSA) is 62.6 Å². The number of fused-ring (bicyclic) bond motifs is 1. The van der Waals surface area contributed by atoms with E-state index in [0.717, 1.165) is 30.6 Å². The van der Waals surface area contributed by atoms with Gasteiger partial charge in [0.05, 0.1) is 11.4 Å². The van der Waals surface area contributed by atoms with E-state index in [-0.39, 0.29) is 23.1 Å². The minimum Gasteiger partial charge on any atom is -0.451 e. The Morgan fingerprint density at radius 3 is 2.42 bits per heavy atom. The van der Waals surface area contributed by atoms with Crippen LogP contribution in [0.4, 0.5) is 0 Å². The molecule has 1 fully saturated rings. The Kier molecular flexibility index (Phi) is 6.23. The fraction of sp³-hybridized carbons (Fsp3) is 0.385. The Morgan fingerprint density at radius 1 is 1.06 bits per heavy atom. The maximum Gasteiger partial charge on any atom is 0.287 e. The molecule has 1 amide bonds. The van der Waals surface area contributed by atoms with Crippen molar-refractivity contribution in [2.45, 2.75) is 46.1 Å². The molecule has 0 aliphatic carbocycles. The van der Waals surface area contributed by atoms with Crippen LogP contribution in [-0.4, -0.2) is 30.4 Å². The molecule has 2 heterocycles. The summed E-state index contributed by atoms with van der Waals surface area (Å²) in [5.74, 6) is -0.297. The molecule has 162 valence electrons. The minimum atomic E-state index is -0.355. The zero-order valence-electron chi connectivity index (χ0n) is 18.5. The number of rotatable bonds is 6. The van der Waals surface area contributed by atoms with Gasteiger partial charge in [-0.3, -0.25) is 14.5 Å². The molecule has 0 spiro atoms. The predicted octanol–water partition coefficient (Wildman–Crippen LogP) is 4.54. The number of benzene rings is 2. The molecule has 3 aromatic rings. The maximum atomic E-state index is 12.9. The lowest BCUT2D eigenvalue weighted by molar-refractivity contribution is 0.0910. The molecule has 1 aliphatic rings. The third-order valence-corrected chi connectivity index (χ3v) is 6.38. The molecular formula is C26H30N2O3. The fourth-order valence-corrected chi connectivity index (χ4v) is 4.29. The lowest BCUT2D eigenvalue weighted by Crippen LogP contribution is -2.37. The SMILES string of the molecule is CCc1ccc([C@H](CNC(=O)c2cc(=O)c3cc(C)c(C)cc3o2)N2CCCC2)cc1. The van der Waals surface area contributed by atoms with Crippen LogP contribution in [-0.2, 0) is 6.42 Å². The first kappa shape index (κ1) is 21.3. The van der Waals surface area contributed by atoms with Gasteiger partial charge in [0.1, 0.15) is 5.58 Å². The van der Waals surface area contributed by atoms with Crippen molar-refractivity contribution >= 4 is 16.9 Å². The number of amides is 1. The summed E-state index contributed by atoms with van der Waals surface area (Å²) >= 11 is 0. The highest BCUT2D eigenvalue weighted by Gasteiger charge is 2.24. The van der Waals surface area contributed by atoms with Gasteiger partial charge in [0.15, 0.2) is 11.2 Å². The summed E-state index contributed by atoms with van der Waals surface area (Å²) in [4.78, 5) is 27.9. The summed E-state index contributed by atoms with van der Waals surface area (Å²) in [7, 11) is 0. The Hall–Kier alpha value is -2.92. The van der Waals surface area contributed by atoms with E-state index >= 15 is 0 Å². The van der Waals surface area contributed by atoms with E-state index in [1.165, 1.54) is 30.0 Å². The van der Waals surface area contributed by atoms with Crippen LogP contribution in [0.3, 0.4) is 0 Å². The van der Waals surface area contributed by atoms with Gasteiger partial charge in [-0.1, -0.05) is 31.2 Å². The largest absolute Gasteiger partial charge is 0.451 e. The summed E-state index contributed by atoms with van der Waals surface area (Å²) in [5, 5.41) is 3.51. The number of nitrogens with one attached hydrogen (secondary N) is 1. The minimum absolute atomic E-state index is 0.0576. The highest BCUT2D eigenvalue weighted by Crippen LogP contribution is 2.25. The summed E-state index contributed by atoms with van der Waals surface area (Å²) in [6, 6.07) is 13.7. The molecule has 5 nitrogen and oxygen atoms in total. The number of carbonyl (C=O) groups is 1. The van der Waals surface area contributed by atoms with E-state index < -0.39 is 0 Å². The smallest absolute Gasteiger partial charge is 0.287 e. The molecule has 1 saturated heterocycles. The van der Waals surface area contributed by atoms with Crippen LogP contribution >= 0.6 is 0 Å². The molecular weight excluding hydrogens is 388 g/mol. The number of hydrogen-bond donors (Lipinski definition) is 1. The van der Waals surface area contributed by atoms with Crippen molar-refractivity contribution in [2.24, 2.45) is 0 Å². The first-order valence-electron chi connectivity index (χ1n) is 11.1. The molecule has 4 rings (SSSR count). The van der Waals surface area contributed by atoms with Gasteiger partial charge in [-0.05, 0) is 80.6 Å². The molecule has 1 N–H and O–H groups in total. The van der Waals surface area contributed by atoms with Gasteiger partial charge < -0.3 is 9.73 Å². The molecule has 0 bridgehead atoms. The van der Waals surface area contributed by atoms with Crippen LogP contribution in [0.25, 0.3) is 11.0 Å². The molecule has 0 unspecified atom stereocenters. The van der Waals surface area contributed by atoms with Crippen molar-refractivity contribution in [3.05, 3.63) is 80.7 Å². The summed E-state index contributed by atoms with van der Waals surface area (Å²) in [5.41, 5.74) is 4.81. The van der Waals surface area contributed by atoms with E-state index in [9.17, 15) is 9.59 Å². The Labute approximate surface area is 183 Å². The molecule has 1 aromatic heterocycles. The van der Waals surface area contributed by atoms with Crippen molar-refractivity contribution in [1.82, 2.24) is 10.2 Å². The van der Waals surface area contributed by atoms with Crippen LogP contribution in [0.15, 0.2) is 51.7 Å². The van der Waals surface area contributed by atoms with Crippen LogP contribution in [0.5, 0.6) is 0 Å². The first-order valence-corrected chi connectivity index (χ1v) is 11.1. The predicted molar refractivity (Wildman–Crippen MR) is 124 cm³/mol. The first-order chi connectivity index (χ1) is 15.0. The van der Waals surface area contributed by atoms with Crippen molar-refractivity contribution in [3.63, 3.8) is 0 Å². The standard InChI is InChI=1S/C26H30N2O3/c1-4-19-7-9-20(10-8-19)22(28-11-5-6-12-28)16-27-26(30)25-15-23(29)21-13-17(2)18(3)14-24(21)31-25/h7-10,13-15,22H,4-6,11-12,16H2,1-3H3,(H,27,30)/t22-/m0/s1. The molecule has 0 saturated carbocycles. The van der Waals surface area contributed by atoms with Crippen molar-refractivity contribution in [2.75, 3.05) is 19.6 Å². The summed E-state index contributed by atoms with van der Waals surface area (Å²) in [6.07, 6.45) is 3.36. The van der Waals surface area contributed by atoms with Gasteiger partial charge in [0.2, 0.25) is 0 Å². The number of nitrogens with zero attached hydrogens (tertiary/aromatic N) is 1. The van der Waals surface area contributed by atoms with Gasteiger partial charge in [-0.15, -0.1) is 0 Å². The normalized spacial score (nSPS) is 15.3. The zero-order chi connectivity index (χ0) is 22.0. The van der Waals surface area contributed by atoms with Gasteiger partial charge in [-0.25, -0.2) is 0 Å². The number of hydrogen-bond acceptors (Lipinski definition) is 4. The quantitative estimate of drug-likeness (QED) is 0.638. The van der Waals surface area contributed by atoms with Gasteiger partial charge in [-0.2, -0.15) is 0 Å². The highest BCUT2D eigenvalue weighted by atomic mass is 16.3. The second-order valence-corrected chi connectivity index (χ2v) is 8.47. The number of likely N-dealkylation sites (tertiary alicyclic amines) is 1. The lowest BCUT2D eigenvalue weighted by Gasteiger charge is -2.28. The molecule has 31 heavy (non-hydrogen) atoms. The molecule has 2 aromatic carbocycles. The molecule has 0 radical (unpaired) electrons. The van der Waals surface area contributed by atoms with Crippen LogP contribution < -0.4 is 10.7 Å². The average Bonchev–Trinajstić information content (AvgIpc) is 3.30. The highest BCUT2D eigenvalue weighted by molar-refractivity contribution is 5.93. The van der Waals surface area contributed by atoms with Gasteiger partial charge in [0, 0.05) is 12.6 Å². The Morgan fingerprint density at radius 2 is 1.74 bits per heavy atom. The summed E-state index contributed by atoms with van der Waals surface area (Å²) in [6.45, 7) is 8.60. The molecule has 5 heteroatoms. The average molecular weight is 419 g/mol. The maximum absolute atomic E-state index is 12.9. The van der Waals surface area contributed by atoms with Crippen molar-refractivity contribution in [1.29, 1.82) is 0 Å². The Balaban J connectivity index is 1.56. The van der Waals surface area contributed by atoms with Crippen LogP contribution in [0.1, 0.15) is 58.6 Å².